The number of rotatable bonds is 5. The van der Waals surface area contributed by atoms with Crippen molar-refractivity contribution >= 4 is 5.82 Å². The lowest BCUT2D eigenvalue weighted by molar-refractivity contribution is 0.414. The van der Waals surface area contributed by atoms with Crippen molar-refractivity contribution < 1.29 is 4.74 Å². The number of methoxy groups -OCH3 is 1. The lowest BCUT2D eigenvalue weighted by Crippen LogP contribution is -2.09. The van der Waals surface area contributed by atoms with Crippen molar-refractivity contribution in [2.45, 2.75) is 26.4 Å². The number of benzene rings is 1. The molecule has 0 saturated carbocycles. The third-order valence-electron chi connectivity index (χ3n) is 2.77. The summed E-state index contributed by atoms with van der Waals surface area (Å²) in [6.45, 7) is 4.99. The Balaban J connectivity index is 2.04. The van der Waals surface area contributed by atoms with Gasteiger partial charge in [-0.05, 0) is 31.5 Å². The van der Waals surface area contributed by atoms with Crippen LogP contribution in [0.15, 0.2) is 36.5 Å². The fourth-order valence-corrected chi connectivity index (χ4v) is 1.84. The molecule has 1 aromatic carbocycles. The van der Waals surface area contributed by atoms with Crippen LogP contribution in [0.4, 0.5) is 5.82 Å². The van der Waals surface area contributed by atoms with Crippen LogP contribution < -0.4 is 10.1 Å². The summed E-state index contributed by atoms with van der Waals surface area (Å²) in [5.74, 6) is 1.92. The van der Waals surface area contributed by atoms with E-state index in [-0.39, 0.29) is 0 Å². The molecular weight excluding hydrogens is 226 g/mol. The first-order chi connectivity index (χ1) is 8.70. The smallest absolute Gasteiger partial charge is 0.124 e. The normalized spacial score (nSPS) is 10.7. The maximum absolute atomic E-state index is 5.21. The van der Waals surface area contributed by atoms with Crippen LogP contribution in [0.2, 0.25) is 0 Å². The standard InChI is InChI=1S/C14H19N3O/c1-11(2)17-14(7-8-16-17)15-10-12-5-4-6-13(9-12)18-3/h4-9,11,15H,10H2,1-3H3. The monoisotopic (exact) mass is 245 g/mol. The minimum Gasteiger partial charge on any atom is -0.497 e. The van der Waals surface area contributed by atoms with Gasteiger partial charge in [0.25, 0.3) is 0 Å². The van der Waals surface area contributed by atoms with Gasteiger partial charge >= 0.3 is 0 Å². The molecule has 0 amide bonds. The van der Waals surface area contributed by atoms with Gasteiger partial charge in [0.2, 0.25) is 0 Å². The van der Waals surface area contributed by atoms with Gasteiger partial charge in [-0.3, -0.25) is 0 Å². The molecule has 0 spiro atoms. The average molecular weight is 245 g/mol. The summed E-state index contributed by atoms with van der Waals surface area (Å²) < 4.78 is 7.18. The van der Waals surface area contributed by atoms with E-state index in [1.165, 1.54) is 5.56 Å². The minimum atomic E-state index is 0.354. The summed E-state index contributed by atoms with van der Waals surface area (Å²) >= 11 is 0. The van der Waals surface area contributed by atoms with Crippen molar-refractivity contribution in [2.75, 3.05) is 12.4 Å². The highest BCUT2D eigenvalue weighted by Gasteiger charge is 2.05. The molecule has 1 heterocycles. The van der Waals surface area contributed by atoms with Crippen molar-refractivity contribution in [3.8, 4) is 5.75 Å². The third kappa shape index (κ3) is 2.83. The number of aromatic nitrogens is 2. The second kappa shape index (κ2) is 5.58. The maximum atomic E-state index is 5.21. The number of ether oxygens (including phenoxy) is 1. The summed E-state index contributed by atoms with van der Waals surface area (Å²) in [4.78, 5) is 0. The van der Waals surface area contributed by atoms with E-state index in [9.17, 15) is 0 Å². The molecular formula is C14H19N3O. The number of anilines is 1. The van der Waals surface area contributed by atoms with E-state index in [4.69, 9.17) is 4.74 Å². The van der Waals surface area contributed by atoms with Gasteiger partial charge in [0.05, 0.1) is 13.3 Å². The van der Waals surface area contributed by atoms with Gasteiger partial charge in [0, 0.05) is 18.7 Å². The van der Waals surface area contributed by atoms with Crippen molar-refractivity contribution in [2.24, 2.45) is 0 Å². The largest absolute Gasteiger partial charge is 0.497 e. The van der Waals surface area contributed by atoms with Crippen molar-refractivity contribution in [3.05, 3.63) is 42.1 Å². The highest BCUT2D eigenvalue weighted by atomic mass is 16.5. The van der Waals surface area contributed by atoms with Gasteiger partial charge in [-0.1, -0.05) is 12.1 Å². The van der Waals surface area contributed by atoms with E-state index in [0.29, 0.717) is 6.04 Å². The second-order valence-electron chi connectivity index (χ2n) is 4.46. The quantitative estimate of drug-likeness (QED) is 0.879. The summed E-state index contributed by atoms with van der Waals surface area (Å²) in [6.07, 6.45) is 1.81. The van der Waals surface area contributed by atoms with Crippen LogP contribution in [0.1, 0.15) is 25.5 Å². The van der Waals surface area contributed by atoms with Crippen molar-refractivity contribution in [1.29, 1.82) is 0 Å². The molecule has 0 atom stereocenters. The predicted molar refractivity (Wildman–Crippen MR) is 72.9 cm³/mol. The summed E-state index contributed by atoms with van der Waals surface area (Å²) in [5.41, 5.74) is 1.19. The fraction of sp³-hybridized carbons (Fsp3) is 0.357. The predicted octanol–water partition coefficient (Wildman–Crippen LogP) is 3.08. The topological polar surface area (TPSA) is 39.1 Å². The molecule has 1 N–H and O–H groups in total. The first kappa shape index (κ1) is 12.5. The van der Waals surface area contributed by atoms with Crippen LogP contribution in [-0.4, -0.2) is 16.9 Å². The van der Waals surface area contributed by atoms with Crippen molar-refractivity contribution in [1.82, 2.24) is 9.78 Å². The molecule has 2 rings (SSSR count). The van der Waals surface area contributed by atoms with E-state index in [2.05, 4.69) is 30.3 Å². The van der Waals surface area contributed by atoms with Crippen LogP contribution in [-0.2, 0) is 6.54 Å². The second-order valence-corrected chi connectivity index (χ2v) is 4.46. The van der Waals surface area contributed by atoms with Gasteiger partial charge in [-0.15, -0.1) is 0 Å². The SMILES string of the molecule is COc1cccc(CNc2ccnn2C(C)C)c1. The zero-order valence-electron chi connectivity index (χ0n) is 11.1. The summed E-state index contributed by atoms with van der Waals surface area (Å²) in [5, 5.41) is 7.68. The van der Waals surface area contributed by atoms with Gasteiger partial charge in [0.15, 0.2) is 0 Å². The van der Waals surface area contributed by atoms with Crippen LogP contribution in [0.3, 0.4) is 0 Å². The number of nitrogens with one attached hydrogen (secondary N) is 1. The van der Waals surface area contributed by atoms with E-state index < -0.39 is 0 Å². The molecule has 0 saturated heterocycles. The first-order valence-corrected chi connectivity index (χ1v) is 6.11. The molecule has 18 heavy (non-hydrogen) atoms. The molecule has 2 aromatic rings. The van der Waals surface area contributed by atoms with Gasteiger partial charge < -0.3 is 10.1 Å². The van der Waals surface area contributed by atoms with Crippen molar-refractivity contribution in [3.63, 3.8) is 0 Å². The van der Waals surface area contributed by atoms with Crippen LogP contribution in [0.5, 0.6) is 5.75 Å². The molecule has 0 aliphatic carbocycles. The Bertz CT molecular complexity index is 505. The number of hydrogen-bond donors (Lipinski definition) is 1. The molecule has 4 heteroatoms. The van der Waals surface area contributed by atoms with Crippen LogP contribution >= 0.6 is 0 Å². The Labute approximate surface area is 108 Å². The van der Waals surface area contributed by atoms with E-state index in [1.807, 2.05) is 35.1 Å². The Kier molecular flexibility index (Phi) is 3.87. The fourth-order valence-electron chi connectivity index (χ4n) is 1.84. The minimum absolute atomic E-state index is 0.354. The molecule has 0 bridgehead atoms. The molecule has 96 valence electrons. The lowest BCUT2D eigenvalue weighted by Gasteiger charge is -2.13. The van der Waals surface area contributed by atoms with Gasteiger partial charge in [-0.25, -0.2) is 4.68 Å². The lowest BCUT2D eigenvalue weighted by atomic mass is 10.2. The van der Waals surface area contributed by atoms with Gasteiger partial charge in [-0.2, -0.15) is 5.10 Å². The Morgan fingerprint density at radius 1 is 1.33 bits per heavy atom. The average Bonchev–Trinajstić information content (AvgIpc) is 2.85. The molecule has 0 fully saturated rings. The molecule has 4 nitrogen and oxygen atoms in total. The number of nitrogens with zero attached hydrogens (tertiary/aromatic N) is 2. The molecule has 0 radical (unpaired) electrons. The Morgan fingerprint density at radius 3 is 2.89 bits per heavy atom. The Hall–Kier alpha value is -1.97. The van der Waals surface area contributed by atoms with E-state index in [0.717, 1.165) is 18.1 Å². The molecule has 0 unspecified atom stereocenters. The first-order valence-electron chi connectivity index (χ1n) is 6.11. The zero-order valence-corrected chi connectivity index (χ0v) is 11.1. The Morgan fingerprint density at radius 2 is 2.17 bits per heavy atom. The van der Waals surface area contributed by atoms with E-state index >= 15 is 0 Å². The molecule has 1 aromatic heterocycles. The highest BCUT2D eigenvalue weighted by molar-refractivity contribution is 5.37. The van der Waals surface area contributed by atoms with Crippen LogP contribution in [0, 0.1) is 0 Å². The summed E-state index contributed by atoms with van der Waals surface area (Å²) in [6, 6.07) is 10.4. The zero-order chi connectivity index (χ0) is 13.0. The number of hydrogen-bond acceptors (Lipinski definition) is 3. The maximum Gasteiger partial charge on any atom is 0.124 e. The van der Waals surface area contributed by atoms with Crippen LogP contribution in [0.25, 0.3) is 0 Å². The highest BCUT2D eigenvalue weighted by Crippen LogP contribution is 2.16. The third-order valence-corrected chi connectivity index (χ3v) is 2.77. The molecule has 0 aliphatic rings. The molecule has 0 aliphatic heterocycles. The van der Waals surface area contributed by atoms with Gasteiger partial charge in [0.1, 0.15) is 11.6 Å². The summed E-state index contributed by atoms with van der Waals surface area (Å²) in [7, 11) is 1.68. The van der Waals surface area contributed by atoms with E-state index in [1.54, 1.807) is 7.11 Å².